The van der Waals surface area contributed by atoms with Crippen LogP contribution < -0.4 is 4.90 Å². The molecule has 1 aliphatic rings. The number of H-pyrrole nitrogens is 1. The minimum absolute atomic E-state index is 0.132. The molecule has 2 rings (SSSR count). The van der Waals surface area contributed by atoms with Crippen molar-refractivity contribution in [2.75, 3.05) is 18.5 Å². The van der Waals surface area contributed by atoms with Crippen molar-refractivity contribution in [1.29, 1.82) is 0 Å². The van der Waals surface area contributed by atoms with Gasteiger partial charge in [-0.3, -0.25) is 9.69 Å². The van der Waals surface area contributed by atoms with Gasteiger partial charge < -0.3 is 9.64 Å². The first-order chi connectivity index (χ1) is 10.7. The fourth-order valence-corrected chi connectivity index (χ4v) is 2.70. The van der Waals surface area contributed by atoms with Gasteiger partial charge in [-0.15, -0.1) is 5.10 Å². The van der Waals surface area contributed by atoms with E-state index < -0.39 is 5.60 Å². The number of aromatic amines is 1. The molecule has 0 bridgehead atoms. The number of ether oxygens (including phenoxy) is 1. The van der Waals surface area contributed by atoms with E-state index in [-0.39, 0.29) is 29.9 Å². The van der Waals surface area contributed by atoms with Crippen LogP contribution >= 0.6 is 0 Å². The third-order valence-corrected chi connectivity index (χ3v) is 3.90. The van der Waals surface area contributed by atoms with E-state index in [1.165, 1.54) is 4.90 Å². The van der Waals surface area contributed by atoms with Crippen molar-refractivity contribution in [2.24, 2.45) is 5.92 Å². The lowest BCUT2D eigenvalue weighted by molar-refractivity contribution is -0.125. The minimum atomic E-state index is -0.560. The van der Waals surface area contributed by atoms with E-state index in [1.807, 2.05) is 27.7 Å². The Balaban J connectivity index is 2.08. The molecule has 1 aromatic rings. The molecule has 1 fully saturated rings. The lowest BCUT2D eigenvalue weighted by Crippen LogP contribution is -2.53. The van der Waals surface area contributed by atoms with Crippen molar-refractivity contribution >= 4 is 17.9 Å². The zero-order chi connectivity index (χ0) is 17.2. The SMILES string of the molecule is C[C@@H]1[C@H](C(=O)N(C)c2nn[nH]n2)CCCN1C(=O)OC(C)(C)C. The highest BCUT2D eigenvalue weighted by molar-refractivity contribution is 5.93. The normalized spacial score (nSPS) is 21.9. The topological polar surface area (TPSA) is 104 Å². The zero-order valence-electron chi connectivity index (χ0n) is 14.2. The lowest BCUT2D eigenvalue weighted by Gasteiger charge is -2.39. The number of anilines is 1. The van der Waals surface area contributed by atoms with Crippen LogP contribution in [0.4, 0.5) is 10.7 Å². The van der Waals surface area contributed by atoms with Crippen LogP contribution in [-0.2, 0) is 9.53 Å². The Morgan fingerprint density at radius 1 is 1.39 bits per heavy atom. The van der Waals surface area contributed by atoms with Gasteiger partial charge >= 0.3 is 6.09 Å². The van der Waals surface area contributed by atoms with Crippen LogP contribution in [0.1, 0.15) is 40.5 Å². The summed E-state index contributed by atoms with van der Waals surface area (Å²) in [6.07, 6.45) is 1.08. The highest BCUT2D eigenvalue weighted by Gasteiger charge is 2.39. The molecule has 2 amide bonds. The third-order valence-electron chi connectivity index (χ3n) is 3.90. The summed E-state index contributed by atoms with van der Waals surface area (Å²) in [7, 11) is 1.60. The van der Waals surface area contributed by atoms with Gasteiger partial charge in [0.2, 0.25) is 5.91 Å². The van der Waals surface area contributed by atoms with Gasteiger partial charge in [-0.2, -0.15) is 5.21 Å². The second-order valence-electron chi connectivity index (χ2n) is 6.77. The minimum Gasteiger partial charge on any atom is -0.444 e. The van der Waals surface area contributed by atoms with Crippen molar-refractivity contribution in [2.45, 2.75) is 52.2 Å². The molecular formula is C14H24N6O3. The molecule has 9 heteroatoms. The van der Waals surface area contributed by atoms with Crippen molar-refractivity contribution < 1.29 is 14.3 Å². The van der Waals surface area contributed by atoms with Crippen molar-refractivity contribution in [3.05, 3.63) is 0 Å². The number of carbonyl (C=O) groups excluding carboxylic acids is 2. The average Bonchev–Trinajstić information content (AvgIpc) is 2.98. The summed E-state index contributed by atoms with van der Waals surface area (Å²) in [5, 5.41) is 13.4. The molecule has 0 aromatic carbocycles. The molecule has 2 heterocycles. The van der Waals surface area contributed by atoms with E-state index in [0.717, 1.165) is 6.42 Å². The van der Waals surface area contributed by atoms with Crippen molar-refractivity contribution in [3.8, 4) is 0 Å². The second-order valence-corrected chi connectivity index (χ2v) is 6.77. The number of likely N-dealkylation sites (tertiary alicyclic amines) is 1. The van der Waals surface area contributed by atoms with Crippen LogP contribution in [0.3, 0.4) is 0 Å². The highest BCUT2D eigenvalue weighted by Crippen LogP contribution is 2.27. The van der Waals surface area contributed by atoms with E-state index in [9.17, 15) is 9.59 Å². The number of rotatable bonds is 2. The predicted octanol–water partition coefficient (Wildman–Crippen LogP) is 1.20. The van der Waals surface area contributed by atoms with Crippen LogP contribution in [0.15, 0.2) is 0 Å². The second kappa shape index (κ2) is 6.51. The van der Waals surface area contributed by atoms with Gasteiger partial charge in [0.15, 0.2) is 0 Å². The molecule has 1 N–H and O–H groups in total. The molecular weight excluding hydrogens is 300 g/mol. The van der Waals surface area contributed by atoms with E-state index >= 15 is 0 Å². The number of piperidine rings is 1. The molecule has 1 aromatic heterocycles. The molecule has 0 saturated carbocycles. The quantitative estimate of drug-likeness (QED) is 0.876. The summed E-state index contributed by atoms with van der Waals surface area (Å²) < 4.78 is 5.43. The Bertz CT molecular complexity index is 553. The summed E-state index contributed by atoms with van der Waals surface area (Å²) in [5.74, 6) is -0.233. The molecule has 9 nitrogen and oxygen atoms in total. The van der Waals surface area contributed by atoms with Crippen LogP contribution in [0, 0.1) is 5.92 Å². The van der Waals surface area contributed by atoms with Crippen LogP contribution in [-0.4, -0.2) is 62.8 Å². The Morgan fingerprint density at radius 2 is 2.09 bits per heavy atom. The monoisotopic (exact) mass is 324 g/mol. The average molecular weight is 324 g/mol. The summed E-state index contributed by atoms with van der Waals surface area (Å²) >= 11 is 0. The van der Waals surface area contributed by atoms with Gasteiger partial charge in [-0.1, -0.05) is 5.10 Å². The van der Waals surface area contributed by atoms with Gasteiger partial charge in [0.25, 0.3) is 5.95 Å². The first-order valence-corrected chi connectivity index (χ1v) is 7.71. The summed E-state index contributed by atoms with van der Waals surface area (Å²) in [6.45, 7) is 7.94. The fraction of sp³-hybridized carbons (Fsp3) is 0.786. The molecule has 128 valence electrons. The Labute approximate surface area is 135 Å². The number of nitrogens with one attached hydrogen (secondary N) is 1. The maximum Gasteiger partial charge on any atom is 0.410 e. The van der Waals surface area contributed by atoms with E-state index in [0.29, 0.717) is 13.0 Å². The standard InChI is InChI=1S/C14H24N6O3/c1-9-10(11(21)19(5)12-15-17-18-16-12)7-6-8-20(9)13(22)23-14(2,3)4/h9-10H,6-8H2,1-5H3,(H,15,16,17,18)/t9-,10-/m1/s1. The van der Waals surface area contributed by atoms with Gasteiger partial charge in [-0.25, -0.2) is 4.79 Å². The van der Waals surface area contributed by atoms with E-state index in [1.54, 1.807) is 11.9 Å². The number of hydrogen-bond donors (Lipinski definition) is 1. The first-order valence-electron chi connectivity index (χ1n) is 7.71. The number of aromatic nitrogens is 4. The number of tetrazole rings is 1. The van der Waals surface area contributed by atoms with E-state index in [4.69, 9.17) is 4.74 Å². The molecule has 23 heavy (non-hydrogen) atoms. The Hall–Kier alpha value is -2.19. The molecule has 0 unspecified atom stereocenters. The smallest absolute Gasteiger partial charge is 0.410 e. The highest BCUT2D eigenvalue weighted by atomic mass is 16.6. The Kier molecular flexibility index (Phi) is 4.86. The molecule has 0 spiro atoms. The number of nitrogens with zero attached hydrogens (tertiary/aromatic N) is 5. The van der Waals surface area contributed by atoms with Crippen LogP contribution in [0.25, 0.3) is 0 Å². The number of hydrogen-bond acceptors (Lipinski definition) is 6. The predicted molar refractivity (Wildman–Crippen MR) is 82.7 cm³/mol. The molecule has 2 atom stereocenters. The Morgan fingerprint density at radius 3 is 2.65 bits per heavy atom. The number of carbonyl (C=O) groups is 2. The molecule has 1 aliphatic heterocycles. The summed E-state index contributed by atoms with van der Waals surface area (Å²) in [4.78, 5) is 28.0. The summed E-state index contributed by atoms with van der Waals surface area (Å²) in [6, 6.07) is -0.250. The third kappa shape index (κ3) is 3.96. The van der Waals surface area contributed by atoms with Gasteiger partial charge in [0.1, 0.15) is 5.60 Å². The number of amides is 2. The van der Waals surface area contributed by atoms with Crippen molar-refractivity contribution in [3.63, 3.8) is 0 Å². The zero-order valence-corrected chi connectivity index (χ0v) is 14.2. The van der Waals surface area contributed by atoms with Crippen molar-refractivity contribution in [1.82, 2.24) is 25.5 Å². The first kappa shape index (κ1) is 17.2. The maximum atomic E-state index is 12.7. The lowest BCUT2D eigenvalue weighted by atomic mass is 9.89. The van der Waals surface area contributed by atoms with Gasteiger partial charge in [-0.05, 0) is 45.7 Å². The molecule has 0 aliphatic carbocycles. The fourth-order valence-electron chi connectivity index (χ4n) is 2.70. The molecule has 1 saturated heterocycles. The van der Waals surface area contributed by atoms with Crippen LogP contribution in [0.2, 0.25) is 0 Å². The van der Waals surface area contributed by atoms with E-state index in [2.05, 4.69) is 20.6 Å². The molecule has 0 radical (unpaired) electrons. The van der Waals surface area contributed by atoms with Gasteiger partial charge in [0.05, 0.1) is 5.92 Å². The van der Waals surface area contributed by atoms with Crippen LogP contribution in [0.5, 0.6) is 0 Å². The maximum absolute atomic E-state index is 12.7. The van der Waals surface area contributed by atoms with Gasteiger partial charge in [0, 0.05) is 19.6 Å². The largest absolute Gasteiger partial charge is 0.444 e. The summed E-state index contributed by atoms with van der Waals surface area (Å²) in [5.41, 5.74) is -0.560.